The lowest BCUT2D eigenvalue weighted by atomic mass is 10.1. The molecule has 20 heavy (non-hydrogen) atoms. The van der Waals surface area contributed by atoms with Crippen molar-refractivity contribution in [3.8, 4) is 11.8 Å². The zero-order chi connectivity index (χ0) is 14.6. The van der Waals surface area contributed by atoms with Crippen molar-refractivity contribution >= 4 is 15.7 Å². The van der Waals surface area contributed by atoms with Gasteiger partial charge in [-0.2, -0.15) is 5.10 Å². The Labute approximate surface area is 116 Å². The molecule has 2 rings (SSSR count). The van der Waals surface area contributed by atoms with Gasteiger partial charge in [0.25, 0.3) is 10.0 Å². The molecule has 104 valence electrons. The highest BCUT2D eigenvalue weighted by Gasteiger charge is 2.15. The van der Waals surface area contributed by atoms with Gasteiger partial charge in [-0.1, -0.05) is 11.8 Å². The van der Waals surface area contributed by atoms with Gasteiger partial charge in [-0.3, -0.25) is 9.82 Å². The summed E-state index contributed by atoms with van der Waals surface area (Å²) in [5.74, 6) is 5.34. The van der Waals surface area contributed by atoms with Crippen LogP contribution >= 0.6 is 0 Å². The highest BCUT2D eigenvalue weighted by molar-refractivity contribution is 7.92. The van der Waals surface area contributed by atoms with Crippen LogP contribution in [0.3, 0.4) is 0 Å². The van der Waals surface area contributed by atoms with E-state index in [-0.39, 0.29) is 11.5 Å². The standard InChI is InChI=1S/C13H13N3O3S/c1-10-7-12(5-4-11(10)3-2-6-17)16-20(18,19)13-8-14-15-9-13/h4-5,7-9,16-17H,6H2,1H3,(H,14,15). The number of rotatable bonds is 3. The van der Waals surface area contributed by atoms with Crippen molar-refractivity contribution in [1.29, 1.82) is 0 Å². The van der Waals surface area contributed by atoms with Crippen LogP contribution in [0.5, 0.6) is 0 Å². The third-order valence-corrected chi connectivity index (χ3v) is 3.91. The number of aromatic amines is 1. The fraction of sp³-hybridized carbons (Fsp3) is 0.154. The average molecular weight is 291 g/mol. The van der Waals surface area contributed by atoms with E-state index in [0.29, 0.717) is 5.69 Å². The molecule has 3 N–H and O–H groups in total. The van der Waals surface area contributed by atoms with Gasteiger partial charge in [0.05, 0.1) is 6.20 Å². The van der Waals surface area contributed by atoms with Crippen LogP contribution in [0.4, 0.5) is 5.69 Å². The molecule has 1 heterocycles. The van der Waals surface area contributed by atoms with E-state index in [1.54, 1.807) is 18.2 Å². The zero-order valence-electron chi connectivity index (χ0n) is 10.7. The predicted octanol–water partition coefficient (Wildman–Crippen LogP) is 0.863. The summed E-state index contributed by atoms with van der Waals surface area (Å²) >= 11 is 0. The van der Waals surface area contributed by atoms with Crippen molar-refractivity contribution in [2.24, 2.45) is 0 Å². The number of nitrogens with zero attached hydrogens (tertiary/aromatic N) is 1. The summed E-state index contributed by atoms with van der Waals surface area (Å²) in [7, 11) is -3.64. The van der Waals surface area contributed by atoms with E-state index in [1.165, 1.54) is 12.4 Å². The number of aliphatic hydroxyl groups is 1. The second kappa shape index (κ2) is 5.77. The maximum absolute atomic E-state index is 12.0. The molecule has 0 aliphatic heterocycles. The molecule has 1 aromatic heterocycles. The van der Waals surface area contributed by atoms with Gasteiger partial charge in [0.2, 0.25) is 0 Å². The fourth-order valence-electron chi connectivity index (χ4n) is 1.60. The lowest BCUT2D eigenvalue weighted by Crippen LogP contribution is -2.12. The molecule has 0 aliphatic rings. The van der Waals surface area contributed by atoms with E-state index in [2.05, 4.69) is 26.8 Å². The zero-order valence-corrected chi connectivity index (χ0v) is 11.5. The molecule has 0 bridgehead atoms. The van der Waals surface area contributed by atoms with E-state index >= 15 is 0 Å². The van der Waals surface area contributed by atoms with Crippen LogP contribution < -0.4 is 4.72 Å². The summed E-state index contributed by atoms with van der Waals surface area (Å²) in [6, 6.07) is 5.00. The number of hydrogen-bond acceptors (Lipinski definition) is 4. The Hall–Kier alpha value is -2.30. The van der Waals surface area contributed by atoms with Gasteiger partial charge < -0.3 is 5.11 Å². The van der Waals surface area contributed by atoms with Crippen molar-refractivity contribution in [3.63, 3.8) is 0 Å². The Kier molecular flexibility index (Phi) is 4.08. The summed E-state index contributed by atoms with van der Waals surface area (Å²) in [4.78, 5) is 0.0688. The van der Waals surface area contributed by atoms with Crippen LogP contribution in [0.2, 0.25) is 0 Å². The van der Waals surface area contributed by atoms with Gasteiger partial charge in [0, 0.05) is 17.4 Å². The minimum Gasteiger partial charge on any atom is -0.384 e. The minimum absolute atomic E-state index is 0.0688. The summed E-state index contributed by atoms with van der Waals surface area (Å²) < 4.78 is 26.5. The van der Waals surface area contributed by atoms with Gasteiger partial charge >= 0.3 is 0 Å². The number of sulfonamides is 1. The fourth-order valence-corrected chi connectivity index (χ4v) is 2.56. The van der Waals surface area contributed by atoms with Crippen molar-refractivity contribution in [2.45, 2.75) is 11.8 Å². The van der Waals surface area contributed by atoms with Gasteiger partial charge in [-0.05, 0) is 30.7 Å². The minimum atomic E-state index is -3.64. The van der Waals surface area contributed by atoms with E-state index in [1.807, 2.05) is 6.92 Å². The molecule has 2 aromatic rings. The van der Waals surface area contributed by atoms with E-state index < -0.39 is 10.0 Å². The number of H-pyrrole nitrogens is 1. The summed E-state index contributed by atoms with van der Waals surface area (Å²) in [6.45, 7) is 1.60. The smallest absolute Gasteiger partial charge is 0.265 e. The lowest BCUT2D eigenvalue weighted by Gasteiger charge is -2.07. The Morgan fingerprint density at radius 3 is 2.85 bits per heavy atom. The van der Waals surface area contributed by atoms with Crippen LogP contribution in [0.1, 0.15) is 11.1 Å². The number of nitrogens with one attached hydrogen (secondary N) is 2. The van der Waals surface area contributed by atoms with Crippen molar-refractivity contribution in [2.75, 3.05) is 11.3 Å². The Morgan fingerprint density at radius 1 is 1.45 bits per heavy atom. The molecule has 0 spiro atoms. The molecule has 0 atom stereocenters. The van der Waals surface area contributed by atoms with Gasteiger partial charge in [0.1, 0.15) is 11.5 Å². The second-order valence-electron chi connectivity index (χ2n) is 4.03. The molecule has 0 amide bonds. The first-order valence-corrected chi connectivity index (χ1v) is 7.23. The number of benzene rings is 1. The third-order valence-electron chi connectivity index (χ3n) is 2.56. The van der Waals surface area contributed by atoms with Crippen molar-refractivity contribution < 1.29 is 13.5 Å². The highest BCUT2D eigenvalue weighted by Crippen LogP contribution is 2.18. The quantitative estimate of drug-likeness (QED) is 0.731. The number of aryl methyl sites for hydroxylation is 1. The van der Waals surface area contributed by atoms with Crippen molar-refractivity contribution in [1.82, 2.24) is 10.2 Å². The molecule has 0 unspecified atom stereocenters. The molecule has 0 aliphatic carbocycles. The second-order valence-corrected chi connectivity index (χ2v) is 5.71. The first-order chi connectivity index (χ1) is 9.53. The molecular weight excluding hydrogens is 278 g/mol. The number of hydrogen-bond donors (Lipinski definition) is 3. The Morgan fingerprint density at radius 2 is 2.25 bits per heavy atom. The molecule has 0 radical (unpaired) electrons. The molecule has 0 saturated carbocycles. The van der Waals surface area contributed by atoms with Crippen LogP contribution in [-0.4, -0.2) is 30.3 Å². The average Bonchev–Trinajstić information content (AvgIpc) is 2.92. The predicted molar refractivity (Wildman–Crippen MR) is 74.5 cm³/mol. The topological polar surface area (TPSA) is 95.1 Å². The Bertz CT molecular complexity index is 756. The highest BCUT2D eigenvalue weighted by atomic mass is 32.2. The monoisotopic (exact) mass is 291 g/mol. The Balaban J connectivity index is 2.25. The summed E-state index contributed by atoms with van der Waals surface area (Å²) in [5.41, 5.74) is 2.00. The largest absolute Gasteiger partial charge is 0.384 e. The van der Waals surface area contributed by atoms with Gasteiger partial charge in [0.15, 0.2) is 0 Å². The molecule has 1 aromatic carbocycles. The first kappa shape index (κ1) is 14.1. The molecule has 0 saturated heterocycles. The SMILES string of the molecule is Cc1cc(NS(=O)(=O)c2cn[nH]c2)ccc1C#CCO. The van der Waals surface area contributed by atoms with Crippen molar-refractivity contribution in [3.05, 3.63) is 41.7 Å². The maximum Gasteiger partial charge on any atom is 0.265 e. The summed E-state index contributed by atoms with van der Waals surface area (Å²) in [6.07, 6.45) is 2.53. The lowest BCUT2D eigenvalue weighted by molar-refractivity contribution is 0.350. The van der Waals surface area contributed by atoms with Crippen LogP contribution in [-0.2, 0) is 10.0 Å². The number of aliphatic hydroxyl groups excluding tert-OH is 1. The number of aromatic nitrogens is 2. The van der Waals surface area contributed by atoms with E-state index in [9.17, 15) is 8.42 Å². The molecular formula is C13H13N3O3S. The molecule has 7 heteroatoms. The van der Waals surface area contributed by atoms with Gasteiger partial charge in [-0.15, -0.1) is 0 Å². The molecule has 0 fully saturated rings. The maximum atomic E-state index is 12.0. The van der Waals surface area contributed by atoms with E-state index in [4.69, 9.17) is 5.11 Å². The number of anilines is 1. The third kappa shape index (κ3) is 3.17. The van der Waals surface area contributed by atoms with Crippen LogP contribution in [0.25, 0.3) is 0 Å². The van der Waals surface area contributed by atoms with Gasteiger partial charge in [-0.25, -0.2) is 8.42 Å². The van der Waals surface area contributed by atoms with Crippen LogP contribution in [0, 0.1) is 18.8 Å². The summed E-state index contributed by atoms with van der Waals surface area (Å²) in [5, 5.41) is 14.7. The molecule has 6 nitrogen and oxygen atoms in total. The first-order valence-electron chi connectivity index (χ1n) is 5.75. The van der Waals surface area contributed by atoms with Crippen LogP contribution in [0.15, 0.2) is 35.5 Å². The normalized spacial score (nSPS) is 10.7. The van der Waals surface area contributed by atoms with E-state index in [0.717, 1.165) is 11.1 Å².